The van der Waals surface area contributed by atoms with Gasteiger partial charge in [0.2, 0.25) is 5.91 Å². The maximum absolute atomic E-state index is 12.2. The Morgan fingerprint density at radius 2 is 1.00 bits per heavy atom. The minimum absolute atomic E-state index is 0. The summed E-state index contributed by atoms with van der Waals surface area (Å²) in [6.45, 7) is 3.50. The van der Waals surface area contributed by atoms with E-state index >= 15 is 0 Å². The molecular weight excluding hydrogens is 631 g/mol. The number of hydrogen-bond acceptors (Lipinski definition) is 9. The number of ether oxygens (including phenoxy) is 2. The summed E-state index contributed by atoms with van der Waals surface area (Å²) in [5.41, 5.74) is 0. The Balaban J connectivity index is -0.00000924. The number of hydrogen-bond donors (Lipinski definition) is 1. The van der Waals surface area contributed by atoms with Crippen molar-refractivity contribution < 1.29 is 102 Å². The number of unbranched alkanes of at least 4 members (excludes halogenated alkanes) is 20. The Bertz CT molecular complexity index is 771. The quantitative estimate of drug-likeness (QED) is 0.0467. The first-order valence-corrected chi connectivity index (χ1v) is 18.9. The molecule has 0 fully saturated rings. The molecule has 0 heterocycles. The molecule has 46 heavy (non-hydrogen) atoms. The molecule has 1 atom stereocenters. The summed E-state index contributed by atoms with van der Waals surface area (Å²) in [6.07, 6.45) is 23.9. The number of esters is 2. The summed E-state index contributed by atoms with van der Waals surface area (Å²) < 4.78 is 25.6. The smallest absolute Gasteiger partial charge is 0.790 e. The fraction of sp³-hybridized carbons (Fsp3) is 0.909. The summed E-state index contributed by atoms with van der Waals surface area (Å²) >= 11 is 0. The van der Waals surface area contributed by atoms with Crippen LogP contribution in [0.5, 0.6) is 0 Å². The van der Waals surface area contributed by atoms with Crippen LogP contribution >= 0.6 is 7.82 Å². The van der Waals surface area contributed by atoms with Crippen molar-refractivity contribution in [2.45, 2.75) is 174 Å². The van der Waals surface area contributed by atoms with Gasteiger partial charge < -0.3 is 33.7 Å². The van der Waals surface area contributed by atoms with Crippen LogP contribution in [0.1, 0.15) is 168 Å². The standard InChI is InChI=1S/C33H64NO9P.2Na/c1-3-4-5-6-7-13-17-20-23-26-33(37)43-31(29-42-44(38,39)40)28-41-32(36)25-22-19-16-14-11-9-8-10-12-15-18-21-24-27-34-30(2)35;;/h31H,3-29H2,1-2H3,(H,34,35)(H2,38,39,40);;/q;2*+1/p-2/t31-;;/m0../s1. The SMILES string of the molecule is CCCCCCCCCCCC(=O)O[C@@H](COC(=O)CCCCCCCCCCCCCCCNC(C)=O)COP(=O)([O-])[O-].[Na+].[Na+]. The maximum Gasteiger partial charge on any atom is 1.00 e. The number of nitrogens with one attached hydrogen (secondary N) is 1. The Hall–Kier alpha value is 0.520. The average molecular weight is 694 g/mol. The second-order valence-electron chi connectivity index (χ2n) is 11.9. The third kappa shape index (κ3) is 40.7. The summed E-state index contributed by atoms with van der Waals surface area (Å²) in [4.78, 5) is 57.0. The van der Waals surface area contributed by atoms with E-state index in [0.717, 1.165) is 51.5 Å². The Kier molecular flexibility index (Phi) is 40.7. The minimum atomic E-state index is -5.25. The van der Waals surface area contributed by atoms with Gasteiger partial charge in [-0.15, -0.1) is 0 Å². The molecule has 1 N–H and O–H groups in total. The zero-order valence-electron chi connectivity index (χ0n) is 29.8. The molecule has 0 saturated heterocycles. The molecule has 0 aliphatic carbocycles. The third-order valence-electron chi connectivity index (χ3n) is 7.56. The molecule has 0 aliphatic heterocycles. The van der Waals surface area contributed by atoms with E-state index in [2.05, 4.69) is 16.8 Å². The molecule has 13 heteroatoms. The van der Waals surface area contributed by atoms with Crippen molar-refractivity contribution in [2.24, 2.45) is 0 Å². The fourth-order valence-electron chi connectivity index (χ4n) is 4.98. The van der Waals surface area contributed by atoms with E-state index < -0.39 is 32.5 Å². The molecule has 1 amide bonds. The largest absolute Gasteiger partial charge is 1.00 e. The molecule has 0 aromatic heterocycles. The van der Waals surface area contributed by atoms with Crippen LogP contribution in [0.25, 0.3) is 0 Å². The van der Waals surface area contributed by atoms with Gasteiger partial charge in [0, 0.05) is 26.3 Å². The van der Waals surface area contributed by atoms with Crippen LogP contribution in [0.2, 0.25) is 0 Å². The second kappa shape index (κ2) is 36.8. The zero-order chi connectivity index (χ0) is 32.7. The van der Waals surface area contributed by atoms with Gasteiger partial charge in [-0.25, -0.2) is 0 Å². The molecule has 0 aliphatic rings. The van der Waals surface area contributed by atoms with Crippen LogP contribution in [0.15, 0.2) is 0 Å². The van der Waals surface area contributed by atoms with Crippen LogP contribution in [0.4, 0.5) is 0 Å². The normalized spacial score (nSPS) is 11.7. The van der Waals surface area contributed by atoms with Crippen LogP contribution < -0.4 is 74.2 Å². The number of rotatable bonds is 32. The van der Waals surface area contributed by atoms with Crippen LogP contribution in [-0.2, 0) is 32.9 Å². The van der Waals surface area contributed by atoms with Crippen LogP contribution in [0, 0.1) is 0 Å². The summed E-state index contributed by atoms with van der Waals surface area (Å²) in [6, 6.07) is 0. The summed E-state index contributed by atoms with van der Waals surface area (Å²) in [5.74, 6) is -0.939. The monoisotopic (exact) mass is 693 g/mol. The van der Waals surface area contributed by atoms with Crippen molar-refractivity contribution >= 4 is 25.7 Å². The Morgan fingerprint density at radius 1 is 0.609 bits per heavy atom. The molecule has 0 aromatic rings. The van der Waals surface area contributed by atoms with Gasteiger partial charge in [0.15, 0.2) is 6.10 Å². The Labute approximate surface area is 324 Å². The zero-order valence-corrected chi connectivity index (χ0v) is 34.7. The first-order chi connectivity index (χ1) is 21.1. The van der Waals surface area contributed by atoms with E-state index in [4.69, 9.17) is 9.47 Å². The predicted molar refractivity (Wildman–Crippen MR) is 170 cm³/mol. The topological polar surface area (TPSA) is 154 Å². The maximum atomic E-state index is 12.2. The van der Waals surface area contributed by atoms with Gasteiger partial charge >= 0.3 is 71.1 Å². The second-order valence-corrected chi connectivity index (χ2v) is 13.1. The van der Waals surface area contributed by atoms with Crippen LogP contribution in [0.3, 0.4) is 0 Å². The number of phosphoric ester groups is 1. The van der Waals surface area contributed by atoms with E-state index in [-0.39, 0.29) is 84.5 Å². The van der Waals surface area contributed by atoms with Gasteiger partial charge in [-0.05, 0) is 19.3 Å². The van der Waals surface area contributed by atoms with E-state index in [9.17, 15) is 28.7 Å². The van der Waals surface area contributed by atoms with Crippen molar-refractivity contribution in [1.29, 1.82) is 0 Å². The fourth-order valence-corrected chi connectivity index (χ4v) is 5.33. The Morgan fingerprint density at radius 3 is 1.41 bits per heavy atom. The number of carbonyl (C=O) groups is 3. The minimum Gasteiger partial charge on any atom is -0.790 e. The molecule has 0 spiro atoms. The van der Waals surface area contributed by atoms with Crippen molar-refractivity contribution in [3.05, 3.63) is 0 Å². The van der Waals surface area contributed by atoms with Gasteiger partial charge in [-0.3, -0.25) is 14.4 Å². The van der Waals surface area contributed by atoms with Crippen molar-refractivity contribution in [3.8, 4) is 0 Å². The van der Waals surface area contributed by atoms with Crippen molar-refractivity contribution in [2.75, 3.05) is 19.8 Å². The van der Waals surface area contributed by atoms with E-state index in [1.165, 1.54) is 83.5 Å². The average Bonchev–Trinajstić information content (AvgIpc) is 2.96. The van der Waals surface area contributed by atoms with Gasteiger partial charge in [-0.2, -0.15) is 0 Å². The van der Waals surface area contributed by atoms with E-state index in [1.807, 2.05) is 0 Å². The molecule has 0 saturated carbocycles. The molecule has 0 unspecified atom stereocenters. The number of phosphoric acid groups is 1. The molecule has 0 aromatic carbocycles. The van der Waals surface area contributed by atoms with E-state index in [1.54, 1.807) is 6.92 Å². The van der Waals surface area contributed by atoms with Crippen molar-refractivity contribution in [1.82, 2.24) is 5.32 Å². The van der Waals surface area contributed by atoms with Gasteiger partial charge in [0.25, 0.3) is 0 Å². The van der Waals surface area contributed by atoms with Gasteiger partial charge in [0.05, 0.1) is 14.4 Å². The summed E-state index contributed by atoms with van der Waals surface area (Å²) in [7, 11) is -5.25. The van der Waals surface area contributed by atoms with Gasteiger partial charge in [0.1, 0.15) is 6.61 Å². The number of amides is 1. The van der Waals surface area contributed by atoms with Gasteiger partial charge in [-0.1, -0.05) is 129 Å². The molecule has 0 radical (unpaired) electrons. The first kappa shape index (κ1) is 50.9. The molecule has 10 nitrogen and oxygen atoms in total. The van der Waals surface area contributed by atoms with Crippen LogP contribution in [-0.4, -0.2) is 43.7 Å². The third-order valence-corrected chi connectivity index (χ3v) is 8.03. The number of carbonyl (C=O) groups excluding carboxylic acids is 3. The molecule has 260 valence electrons. The predicted octanol–water partition coefficient (Wildman–Crippen LogP) is 0.813. The first-order valence-electron chi connectivity index (χ1n) is 17.4. The summed E-state index contributed by atoms with van der Waals surface area (Å²) in [5, 5.41) is 2.82. The molecule has 0 rings (SSSR count). The van der Waals surface area contributed by atoms with E-state index in [0.29, 0.717) is 12.8 Å². The molecular formula is C33H62NNa2O9P. The van der Waals surface area contributed by atoms with Crippen molar-refractivity contribution in [3.63, 3.8) is 0 Å². The molecule has 0 bridgehead atoms.